The van der Waals surface area contributed by atoms with Crippen LogP contribution in [-0.2, 0) is 6.61 Å². The molecule has 3 aromatic carbocycles. The largest absolute Gasteiger partial charge is 0.457 e. The van der Waals surface area contributed by atoms with E-state index >= 15 is 0 Å². The molecule has 0 aliphatic heterocycles. The minimum absolute atomic E-state index is 0.148. The lowest BCUT2D eigenvalue weighted by Crippen LogP contribution is -1.91. The fraction of sp³-hybridized carbons (Fsp3) is 0.0870. The van der Waals surface area contributed by atoms with E-state index in [0.717, 1.165) is 28.2 Å². The lowest BCUT2D eigenvalue weighted by atomic mass is 10.00. The van der Waals surface area contributed by atoms with Gasteiger partial charge in [-0.15, -0.1) is 0 Å². The number of benzene rings is 3. The van der Waals surface area contributed by atoms with E-state index < -0.39 is 0 Å². The summed E-state index contributed by atoms with van der Waals surface area (Å²) >= 11 is 0. The standard InChI is InChI=1S/C23H19NO3/c1-16-7-5-6-10-20(16)23-21(15-25)22(24-27-23)17-11-13-19(14-12-17)26-18-8-3-2-4-9-18/h2-14,25H,15H2,1H3. The third kappa shape index (κ3) is 3.48. The topological polar surface area (TPSA) is 55.5 Å². The Kier molecular flexibility index (Phi) is 4.73. The Morgan fingerprint density at radius 2 is 1.52 bits per heavy atom. The zero-order valence-corrected chi connectivity index (χ0v) is 14.9. The summed E-state index contributed by atoms with van der Waals surface area (Å²) in [6.45, 7) is 1.86. The van der Waals surface area contributed by atoms with E-state index in [1.807, 2.05) is 85.8 Å². The van der Waals surface area contributed by atoms with Gasteiger partial charge < -0.3 is 14.4 Å². The number of hydrogen-bond donors (Lipinski definition) is 1. The number of aromatic nitrogens is 1. The first-order valence-corrected chi connectivity index (χ1v) is 8.75. The quantitative estimate of drug-likeness (QED) is 0.505. The molecule has 1 aromatic heterocycles. The minimum atomic E-state index is -0.148. The fourth-order valence-corrected chi connectivity index (χ4v) is 3.03. The van der Waals surface area contributed by atoms with Gasteiger partial charge in [-0.3, -0.25) is 0 Å². The molecule has 0 atom stereocenters. The van der Waals surface area contributed by atoms with Gasteiger partial charge in [-0.05, 0) is 48.9 Å². The van der Waals surface area contributed by atoms with Gasteiger partial charge in [-0.1, -0.05) is 47.6 Å². The third-order valence-electron chi connectivity index (χ3n) is 4.44. The predicted octanol–water partition coefficient (Wildman–Crippen LogP) is 5.60. The lowest BCUT2D eigenvalue weighted by molar-refractivity contribution is 0.281. The minimum Gasteiger partial charge on any atom is -0.457 e. The van der Waals surface area contributed by atoms with E-state index in [2.05, 4.69) is 5.16 Å². The van der Waals surface area contributed by atoms with Crippen molar-refractivity contribution in [1.29, 1.82) is 0 Å². The molecule has 4 rings (SSSR count). The summed E-state index contributed by atoms with van der Waals surface area (Å²) in [6, 6.07) is 25.1. The van der Waals surface area contributed by atoms with E-state index in [-0.39, 0.29) is 6.61 Å². The maximum absolute atomic E-state index is 9.93. The molecule has 4 nitrogen and oxygen atoms in total. The summed E-state index contributed by atoms with van der Waals surface area (Å²) in [5.74, 6) is 2.12. The highest BCUT2D eigenvalue weighted by Crippen LogP contribution is 2.34. The van der Waals surface area contributed by atoms with Crippen LogP contribution in [0.4, 0.5) is 0 Å². The van der Waals surface area contributed by atoms with Crippen molar-refractivity contribution in [2.24, 2.45) is 0 Å². The molecule has 0 fully saturated rings. The maximum Gasteiger partial charge on any atom is 0.173 e. The summed E-state index contributed by atoms with van der Waals surface area (Å²) in [5, 5.41) is 14.1. The Morgan fingerprint density at radius 3 is 2.22 bits per heavy atom. The molecule has 0 unspecified atom stereocenters. The average Bonchev–Trinajstić information content (AvgIpc) is 3.13. The SMILES string of the molecule is Cc1ccccc1-c1onc(-c2ccc(Oc3ccccc3)cc2)c1CO. The molecular formula is C23H19NO3. The van der Waals surface area contributed by atoms with Gasteiger partial charge >= 0.3 is 0 Å². The van der Waals surface area contributed by atoms with Crippen LogP contribution in [0, 0.1) is 6.92 Å². The van der Waals surface area contributed by atoms with Crippen LogP contribution in [0.1, 0.15) is 11.1 Å². The van der Waals surface area contributed by atoms with Crippen LogP contribution >= 0.6 is 0 Å². The molecule has 0 aliphatic rings. The van der Waals surface area contributed by atoms with Gasteiger partial charge in [0.05, 0.1) is 12.2 Å². The van der Waals surface area contributed by atoms with Crippen LogP contribution in [-0.4, -0.2) is 10.3 Å². The molecule has 27 heavy (non-hydrogen) atoms. The molecule has 0 bridgehead atoms. The Labute approximate surface area is 157 Å². The van der Waals surface area contributed by atoms with Crippen molar-refractivity contribution in [2.45, 2.75) is 13.5 Å². The smallest absolute Gasteiger partial charge is 0.173 e. The molecular weight excluding hydrogens is 338 g/mol. The number of hydrogen-bond acceptors (Lipinski definition) is 4. The van der Waals surface area contributed by atoms with E-state index in [1.165, 1.54) is 0 Å². The van der Waals surface area contributed by atoms with Gasteiger partial charge in [0.25, 0.3) is 0 Å². The van der Waals surface area contributed by atoms with E-state index in [4.69, 9.17) is 9.26 Å². The number of aliphatic hydroxyl groups is 1. The van der Waals surface area contributed by atoms with Crippen molar-refractivity contribution in [3.8, 4) is 34.1 Å². The second kappa shape index (κ2) is 7.48. The lowest BCUT2D eigenvalue weighted by Gasteiger charge is -2.07. The average molecular weight is 357 g/mol. The Morgan fingerprint density at radius 1 is 0.852 bits per heavy atom. The molecule has 0 saturated heterocycles. The van der Waals surface area contributed by atoms with E-state index in [0.29, 0.717) is 17.0 Å². The summed E-state index contributed by atoms with van der Waals surface area (Å²) < 4.78 is 11.4. The molecule has 0 aliphatic carbocycles. The molecule has 1 N–H and O–H groups in total. The summed E-state index contributed by atoms with van der Waals surface area (Å²) in [6.07, 6.45) is 0. The molecule has 4 aromatic rings. The van der Waals surface area contributed by atoms with Crippen molar-refractivity contribution in [3.05, 3.63) is 90.0 Å². The number of aryl methyl sites for hydroxylation is 1. The predicted molar refractivity (Wildman–Crippen MR) is 105 cm³/mol. The number of rotatable bonds is 5. The monoisotopic (exact) mass is 357 g/mol. The molecule has 0 spiro atoms. The molecule has 134 valence electrons. The van der Waals surface area contributed by atoms with Crippen LogP contribution in [0.25, 0.3) is 22.6 Å². The normalized spacial score (nSPS) is 10.7. The van der Waals surface area contributed by atoms with Crippen molar-refractivity contribution >= 4 is 0 Å². The fourth-order valence-electron chi connectivity index (χ4n) is 3.03. The van der Waals surface area contributed by atoms with Gasteiger partial charge in [0, 0.05) is 11.1 Å². The van der Waals surface area contributed by atoms with Crippen molar-refractivity contribution in [3.63, 3.8) is 0 Å². The molecule has 0 amide bonds. The number of ether oxygens (including phenoxy) is 1. The first-order chi connectivity index (χ1) is 13.3. The first-order valence-electron chi connectivity index (χ1n) is 8.75. The van der Waals surface area contributed by atoms with Gasteiger partial charge in [0.2, 0.25) is 0 Å². The van der Waals surface area contributed by atoms with Crippen molar-refractivity contribution in [2.75, 3.05) is 0 Å². The van der Waals surface area contributed by atoms with Crippen LogP contribution in [0.3, 0.4) is 0 Å². The second-order valence-corrected chi connectivity index (χ2v) is 6.25. The Hall–Kier alpha value is -3.37. The van der Waals surface area contributed by atoms with Crippen molar-refractivity contribution < 1.29 is 14.4 Å². The van der Waals surface area contributed by atoms with Gasteiger partial charge in [-0.2, -0.15) is 0 Å². The van der Waals surface area contributed by atoms with Crippen LogP contribution < -0.4 is 4.74 Å². The van der Waals surface area contributed by atoms with Crippen molar-refractivity contribution in [1.82, 2.24) is 5.16 Å². The number of para-hydroxylation sites is 1. The summed E-state index contributed by atoms with van der Waals surface area (Å²) in [4.78, 5) is 0. The number of aliphatic hydroxyl groups excluding tert-OH is 1. The highest BCUT2D eigenvalue weighted by atomic mass is 16.5. The zero-order chi connectivity index (χ0) is 18.6. The van der Waals surface area contributed by atoms with Gasteiger partial charge in [0.1, 0.15) is 17.2 Å². The van der Waals surface area contributed by atoms with Crippen LogP contribution in [0.2, 0.25) is 0 Å². The maximum atomic E-state index is 9.93. The van der Waals surface area contributed by atoms with Gasteiger partial charge in [-0.25, -0.2) is 0 Å². The highest BCUT2D eigenvalue weighted by molar-refractivity contribution is 5.74. The molecule has 0 radical (unpaired) electrons. The third-order valence-corrected chi connectivity index (χ3v) is 4.44. The van der Waals surface area contributed by atoms with E-state index in [9.17, 15) is 5.11 Å². The second-order valence-electron chi connectivity index (χ2n) is 6.25. The first kappa shape index (κ1) is 17.1. The van der Waals surface area contributed by atoms with Gasteiger partial charge in [0.15, 0.2) is 5.76 Å². The highest BCUT2D eigenvalue weighted by Gasteiger charge is 2.19. The Bertz CT molecular complexity index is 1040. The Balaban J connectivity index is 1.65. The summed E-state index contributed by atoms with van der Waals surface area (Å²) in [7, 11) is 0. The molecule has 1 heterocycles. The molecule has 0 saturated carbocycles. The van der Waals surface area contributed by atoms with Crippen LogP contribution in [0.5, 0.6) is 11.5 Å². The van der Waals surface area contributed by atoms with E-state index in [1.54, 1.807) is 0 Å². The molecule has 4 heteroatoms. The summed E-state index contributed by atoms with van der Waals surface area (Å²) in [5.41, 5.74) is 4.19. The van der Waals surface area contributed by atoms with Crippen LogP contribution in [0.15, 0.2) is 83.4 Å². The zero-order valence-electron chi connectivity index (χ0n) is 14.9. The number of nitrogens with zero attached hydrogens (tertiary/aromatic N) is 1.